The fraction of sp³-hybridized carbons (Fsp3) is 0.619. The zero-order valence-electron chi connectivity index (χ0n) is 16.2. The molecule has 27 heavy (non-hydrogen) atoms. The van der Waals surface area contributed by atoms with Crippen LogP contribution in [0.1, 0.15) is 37.7 Å². The molecule has 0 spiro atoms. The van der Waals surface area contributed by atoms with Crippen molar-refractivity contribution in [2.75, 3.05) is 20.7 Å². The number of hydrogen-bond donors (Lipinski definition) is 0. The predicted octanol–water partition coefficient (Wildman–Crippen LogP) is 2.02. The molecule has 6 nitrogen and oxygen atoms in total. The highest BCUT2D eigenvalue weighted by molar-refractivity contribution is 5.84. The van der Waals surface area contributed by atoms with E-state index in [2.05, 4.69) is 14.1 Å². The van der Waals surface area contributed by atoms with Gasteiger partial charge in [0.15, 0.2) is 0 Å². The monoisotopic (exact) mass is 374 g/mol. The van der Waals surface area contributed by atoms with Gasteiger partial charge >= 0.3 is 11.9 Å². The maximum absolute atomic E-state index is 13.0. The van der Waals surface area contributed by atoms with Crippen LogP contribution in [0, 0.1) is 0 Å². The standard InChI is InChI=1S/C21H28NO5/c1-4-25-18(23)12-15(13-8-6-5-7-9-13)21(24)26-14-10-16-19-20(27-19)17(11-14)22(16,2)3/h5-9,14-17,19-20H,4,10-12H2,1-3H3/q+1/t14?,15-,16-,17+,19-,20+/m1/s1. The molecule has 3 fully saturated rings. The van der Waals surface area contributed by atoms with Crippen LogP contribution >= 0.6 is 0 Å². The normalized spacial score (nSPS) is 33.7. The summed E-state index contributed by atoms with van der Waals surface area (Å²) in [6, 6.07) is 10.1. The van der Waals surface area contributed by atoms with Crippen LogP contribution in [0.4, 0.5) is 0 Å². The number of quaternary nitrogens is 1. The van der Waals surface area contributed by atoms with E-state index >= 15 is 0 Å². The molecule has 0 aromatic heterocycles. The summed E-state index contributed by atoms with van der Waals surface area (Å²) in [5.41, 5.74) is 0.789. The first-order chi connectivity index (χ1) is 12.9. The number of nitrogens with zero attached hydrogens (tertiary/aromatic N) is 1. The smallest absolute Gasteiger partial charge is 0.314 e. The second-order valence-electron chi connectivity index (χ2n) is 8.33. The number of ether oxygens (including phenoxy) is 3. The highest BCUT2D eigenvalue weighted by Gasteiger charge is 2.70. The summed E-state index contributed by atoms with van der Waals surface area (Å²) in [6.45, 7) is 2.07. The Morgan fingerprint density at radius 2 is 1.78 bits per heavy atom. The Kier molecular flexibility index (Phi) is 4.72. The van der Waals surface area contributed by atoms with Gasteiger partial charge in [-0.3, -0.25) is 9.59 Å². The third-order valence-corrected chi connectivity index (χ3v) is 6.48. The van der Waals surface area contributed by atoms with Gasteiger partial charge in [0.05, 0.1) is 33.0 Å². The zero-order valence-corrected chi connectivity index (χ0v) is 16.2. The maximum atomic E-state index is 13.0. The number of piperidine rings is 1. The Morgan fingerprint density at radius 3 is 2.37 bits per heavy atom. The summed E-state index contributed by atoms with van der Waals surface area (Å²) in [6.07, 6.45) is 2.17. The van der Waals surface area contributed by atoms with Gasteiger partial charge in [-0.1, -0.05) is 30.3 Å². The fourth-order valence-corrected chi connectivity index (χ4v) is 4.96. The second-order valence-corrected chi connectivity index (χ2v) is 8.33. The van der Waals surface area contributed by atoms with E-state index in [0.717, 1.165) is 22.9 Å². The Hall–Kier alpha value is -1.92. The molecule has 0 N–H and O–H groups in total. The molecule has 2 bridgehead atoms. The van der Waals surface area contributed by atoms with Gasteiger partial charge in [-0.05, 0) is 12.5 Å². The first kappa shape index (κ1) is 18.4. The minimum atomic E-state index is -0.627. The number of epoxide rings is 1. The first-order valence-corrected chi connectivity index (χ1v) is 9.81. The number of carbonyl (C=O) groups excluding carboxylic acids is 2. The molecule has 6 heteroatoms. The number of hydrogen-bond acceptors (Lipinski definition) is 5. The van der Waals surface area contributed by atoms with Crippen LogP contribution in [-0.2, 0) is 23.8 Å². The van der Waals surface area contributed by atoms with Crippen molar-refractivity contribution in [1.29, 1.82) is 0 Å². The van der Waals surface area contributed by atoms with E-state index in [9.17, 15) is 9.59 Å². The molecule has 3 saturated heterocycles. The van der Waals surface area contributed by atoms with Crippen molar-refractivity contribution in [3.63, 3.8) is 0 Å². The lowest BCUT2D eigenvalue weighted by Crippen LogP contribution is -2.60. The minimum absolute atomic E-state index is 0.00613. The van der Waals surface area contributed by atoms with E-state index in [1.807, 2.05) is 30.3 Å². The number of morpholine rings is 1. The van der Waals surface area contributed by atoms with E-state index in [1.165, 1.54) is 0 Å². The molecule has 0 radical (unpaired) electrons. The van der Waals surface area contributed by atoms with Gasteiger partial charge in [0.2, 0.25) is 0 Å². The molecule has 0 saturated carbocycles. The Morgan fingerprint density at radius 1 is 1.15 bits per heavy atom. The lowest BCUT2D eigenvalue weighted by atomic mass is 9.94. The largest absolute Gasteiger partial charge is 0.466 e. The van der Waals surface area contributed by atoms with Crippen LogP contribution in [0.25, 0.3) is 0 Å². The van der Waals surface area contributed by atoms with Crippen molar-refractivity contribution in [2.45, 2.75) is 62.5 Å². The van der Waals surface area contributed by atoms with Crippen LogP contribution in [-0.4, -0.2) is 67.5 Å². The van der Waals surface area contributed by atoms with Gasteiger partial charge in [-0.15, -0.1) is 0 Å². The molecule has 3 aliphatic rings. The predicted molar refractivity (Wildman–Crippen MR) is 97.9 cm³/mol. The third-order valence-electron chi connectivity index (χ3n) is 6.48. The molecule has 3 aliphatic heterocycles. The number of carbonyl (C=O) groups is 2. The van der Waals surface area contributed by atoms with E-state index in [4.69, 9.17) is 14.2 Å². The van der Waals surface area contributed by atoms with Gasteiger partial charge < -0.3 is 18.7 Å². The number of esters is 2. The Balaban J connectivity index is 1.45. The highest BCUT2D eigenvalue weighted by Crippen LogP contribution is 2.51. The summed E-state index contributed by atoms with van der Waals surface area (Å²) in [5.74, 6) is -1.34. The summed E-state index contributed by atoms with van der Waals surface area (Å²) < 4.78 is 17.7. The van der Waals surface area contributed by atoms with Crippen LogP contribution in [0.5, 0.6) is 0 Å². The molecule has 0 amide bonds. The second kappa shape index (κ2) is 6.91. The van der Waals surface area contributed by atoms with Gasteiger partial charge in [-0.25, -0.2) is 0 Å². The minimum Gasteiger partial charge on any atom is -0.466 e. The maximum Gasteiger partial charge on any atom is 0.314 e. The van der Waals surface area contributed by atoms with Crippen molar-refractivity contribution >= 4 is 11.9 Å². The number of rotatable bonds is 6. The fourth-order valence-electron chi connectivity index (χ4n) is 4.96. The van der Waals surface area contributed by atoms with Crippen molar-refractivity contribution in [3.8, 4) is 0 Å². The molecule has 1 unspecified atom stereocenters. The Labute approximate surface area is 160 Å². The first-order valence-electron chi connectivity index (χ1n) is 9.81. The molecule has 0 aliphatic carbocycles. The van der Waals surface area contributed by atoms with Crippen molar-refractivity contribution in [1.82, 2.24) is 0 Å². The lowest BCUT2D eigenvalue weighted by Gasteiger charge is -2.45. The molecular formula is C21H28NO5+. The van der Waals surface area contributed by atoms with Gasteiger partial charge in [-0.2, -0.15) is 0 Å². The molecule has 3 heterocycles. The molecule has 1 aromatic rings. The van der Waals surface area contributed by atoms with E-state index in [-0.39, 0.29) is 24.5 Å². The van der Waals surface area contributed by atoms with E-state index in [0.29, 0.717) is 30.9 Å². The summed E-state index contributed by atoms with van der Waals surface area (Å²) in [7, 11) is 4.49. The van der Waals surface area contributed by atoms with Crippen LogP contribution in [0.2, 0.25) is 0 Å². The SMILES string of the molecule is CCOC(=O)C[C@@H](C(=O)OC1C[C@@H]2[C@H]3O[C@H]3[C@H](C1)[N+]2(C)C)c1ccccc1. The molecule has 146 valence electrons. The highest BCUT2D eigenvalue weighted by atomic mass is 16.6. The average molecular weight is 374 g/mol. The summed E-state index contributed by atoms with van der Waals surface area (Å²) >= 11 is 0. The van der Waals surface area contributed by atoms with Crippen molar-refractivity contribution in [2.24, 2.45) is 0 Å². The van der Waals surface area contributed by atoms with Crippen LogP contribution in [0.15, 0.2) is 30.3 Å². The topological polar surface area (TPSA) is 65.1 Å². The van der Waals surface area contributed by atoms with E-state index < -0.39 is 5.92 Å². The van der Waals surface area contributed by atoms with Crippen molar-refractivity contribution in [3.05, 3.63) is 35.9 Å². The molecular weight excluding hydrogens is 346 g/mol. The third kappa shape index (κ3) is 3.36. The summed E-state index contributed by atoms with van der Waals surface area (Å²) in [5, 5.41) is 0. The van der Waals surface area contributed by atoms with E-state index in [1.54, 1.807) is 6.92 Å². The van der Waals surface area contributed by atoms with Crippen molar-refractivity contribution < 1.29 is 28.3 Å². The lowest BCUT2D eigenvalue weighted by molar-refractivity contribution is -0.938. The molecule has 6 atom stereocenters. The molecule has 4 rings (SSSR count). The summed E-state index contributed by atoms with van der Waals surface area (Å²) in [4.78, 5) is 25.0. The quantitative estimate of drug-likeness (QED) is 0.433. The number of benzene rings is 1. The number of likely N-dealkylation sites (N-methyl/N-ethyl adjacent to an activating group) is 1. The van der Waals surface area contributed by atoms with Gasteiger partial charge in [0.1, 0.15) is 30.4 Å². The van der Waals surface area contributed by atoms with Crippen LogP contribution < -0.4 is 0 Å². The zero-order chi connectivity index (χ0) is 19.2. The van der Waals surface area contributed by atoms with Gasteiger partial charge in [0.25, 0.3) is 0 Å². The molecule has 1 aromatic carbocycles. The van der Waals surface area contributed by atoms with Gasteiger partial charge in [0, 0.05) is 12.8 Å². The number of fused-ring (bicyclic) bond motifs is 5. The Bertz CT molecular complexity index is 699. The van der Waals surface area contributed by atoms with Crippen LogP contribution in [0.3, 0.4) is 0 Å². The average Bonchev–Trinajstić information content (AvgIpc) is 3.39.